The van der Waals surface area contributed by atoms with Gasteiger partial charge < -0.3 is 5.73 Å². The highest BCUT2D eigenvalue weighted by atomic mass is 15.1. The molecule has 7 aromatic rings. The highest BCUT2D eigenvalue weighted by molar-refractivity contribution is 6.10. The van der Waals surface area contributed by atoms with E-state index in [0.717, 1.165) is 67.3 Å². The Morgan fingerprint density at radius 2 is 1.29 bits per heavy atom. The molecule has 0 aliphatic carbocycles. The predicted molar refractivity (Wildman–Crippen MR) is 224 cm³/mol. The monoisotopic (exact) mass is 716 g/mol. The molecule has 1 aliphatic rings. The van der Waals surface area contributed by atoms with Crippen molar-refractivity contribution in [2.75, 3.05) is 5.73 Å². The molecule has 0 amide bonds. The van der Waals surface area contributed by atoms with E-state index in [0.29, 0.717) is 17.8 Å². The van der Waals surface area contributed by atoms with Gasteiger partial charge in [0.1, 0.15) is 5.69 Å². The lowest BCUT2D eigenvalue weighted by atomic mass is 9.86. The molecule has 0 fully saturated rings. The first-order chi connectivity index (χ1) is 26.8. The Labute approximate surface area is 322 Å². The van der Waals surface area contributed by atoms with Crippen LogP contribution in [0.2, 0.25) is 0 Å². The van der Waals surface area contributed by atoms with Gasteiger partial charge in [-0.15, -0.1) is 5.11 Å². The number of azo groups is 1. The van der Waals surface area contributed by atoms with Crippen LogP contribution in [0.15, 0.2) is 173 Å². The van der Waals surface area contributed by atoms with E-state index in [1.54, 1.807) is 0 Å². The number of rotatable bonds is 8. The Morgan fingerprint density at radius 3 is 1.95 bits per heavy atom. The van der Waals surface area contributed by atoms with Gasteiger partial charge in [0.15, 0.2) is 6.20 Å². The zero-order valence-electron chi connectivity index (χ0n) is 31.2. The van der Waals surface area contributed by atoms with Gasteiger partial charge in [-0.25, -0.2) is 4.98 Å². The first-order valence-corrected chi connectivity index (χ1v) is 18.5. The highest BCUT2D eigenvalue weighted by Crippen LogP contribution is 2.40. The number of nitrogens with zero attached hydrogens (tertiary/aromatic N) is 5. The molecule has 0 radical (unpaired) electrons. The van der Waals surface area contributed by atoms with Crippen LogP contribution in [0.1, 0.15) is 50.1 Å². The Kier molecular flexibility index (Phi) is 9.75. The smallest absolute Gasteiger partial charge is 0.210 e. The van der Waals surface area contributed by atoms with Crippen LogP contribution in [-0.2, 0) is 5.41 Å². The van der Waals surface area contributed by atoms with Crippen LogP contribution in [0.25, 0.3) is 50.3 Å². The summed E-state index contributed by atoms with van der Waals surface area (Å²) < 4.78 is 0. The van der Waals surface area contributed by atoms with Crippen LogP contribution in [0, 0.1) is 0 Å². The number of aliphatic imine (C=N–C) groups is 1. The maximum absolute atomic E-state index is 6.88. The summed E-state index contributed by atoms with van der Waals surface area (Å²) in [7, 11) is 0. The van der Waals surface area contributed by atoms with Crippen molar-refractivity contribution in [3.05, 3.63) is 175 Å². The standard InChI is InChI=1S/C48H41N7/c1-48(2,3)39-18-14-33(15-19-39)35-23-25-51-45(28-35)37-17-21-43(53-31-37)41-26-38(29-46(47(41)49)55-54-40-12-8-5-9-13-40)42-20-16-36(30-52-42)44-27-34(22-24-50-44)32-10-6-4-7-11-32/h4-20,22-31,43H,21,49H2,1-3H3/p+1. The Balaban J connectivity index is 1.08. The minimum Gasteiger partial charge on any atom is -0.397 e. The Morgan fingerprint density at radius 1 is 0.636 bits per heavy atom. The average molecular weight is 717 g/mol. The number of hydrogen-bond acceptors (Lipinski definition) is 6. The van der Waals surface area contributed by atoms with E-state index in [1.165, 1.54) is 5.56 Å². The second-order valence-corrected chi connectivity index (χ2v) is 14.8. The van der Waals surface area contributed by atoms with Crippen LogP contribution in [-0.4, -0.2) is 16.2 Å². The lowest BCUT2D eigenvalue weighted by Gasteiger charge is -2.20. The summed E-state index contributed by atoms with van der Waals surface area (Å²) in [5, 5.41) is 9.15. The summed E-state index contributed by atoms with van der Waals surface area (Å²) in [5.41, 5.74) is 21.2. The van der Waals surface area contributed by atoms with Gasteiger partial charge in [-0.3, -0.25) is 15.0 Å². The van der Waals surface area contributed by atoms with Crippen LogP contribution in [0.5, 0.6) is 0 Å². The number of aromatic amines is 1. The summed E-state index contributed by atoms with van der Waals surface area (Å²) in [4.78, 5) is 17.9. The predicted octanol–water partition coefficient (Wildman–Crippen LogP) is 11.9. The topological polar surface area (TPSA) is 103 Å². The summed E-state index contributed by atoms with van der Waals surface area (Å²) >= 11 is 0. The van der Waals surface area contributed by atoms with E-state index in [4.69, 9.17) is 15.7 Å². The second-order valence-electron chi connectivity index (χ2n) is 14.8. The van der Waals surface area contributed by atoms with E-state index in [1.807, 2.05) is 85.5 Å². The van der Waals surface area contributed by atoms with E-state index in [9.17, 15) is 0 Å². The SMILES string of the molecule is CC(C)(C)c1ccc(-c2ccnc(C3=CCC(c4cc(-c5ccc(-c6cc(-c7ccccc7)ccn6)c[nH+]5)cc(N=Nc5ccccc5)c4N)N=C3)c2)cc1. The van der Waals surface area contributed by atoms with E-state index in [2.05, 4.69) is 120 Å². The third kappa shape index (κ3) is 7.92. The molecule has 268 valence electrons. The van der Waals surface area contributed by atoms with Gasteiger partial charge >= 0.3 is 0 Å². The van der Waals surface area contributed by atoms with Crippen molar-refractivity contribution in [3.63, 3.8) is 0 Å². The van der Waals surface area contributed by atoms with E-state index >= 15 is 0 Å². The molecule has 8 rings (SSSR count). The van der Waals surface area contributed by atoms with Crippen molar-refractivity contribution in [2.24, 2.45) is 15.2 Å². The maximum Gasteiger partial charge on any atom is 0.210 e. The fourth-order valence-electron chi connectivity index (χ4n) is 6.77. The van der Waals surface area contributed by atoms with Crippen molar-refractivity contribution < 1.29 is 4.98 Å². The number of H-pyrrole nitrogens is 1. The lowest BCUT2D eigenvalue weighted by Crippen LogP contribution is -2.10. The molecule has 1 unspecified atom stereocenters. The van der Waals surface area contributed by atoms with Gasteiger partial charge in [-0.1, -0.05) is 99.6 Å². The molecule has 7 heteroatoms. The average Bonchev–Trinajstić information content (AvgIpc) is 3.24. The quantitative estimate of drug-likeness (QED) is 0.125. The van der Waals surface area contributed by atoms with Crippen molar-refractivity contribution in [2.45, 2.75) is 38.6 Å². The number of dihydropyridines is 1. The molecule has 0 spiro atoms. The molecule has 4 aromatic carbocycles. The molecule has 1 aliphatic heterocycles. The number of allylic oxidation sites excluding steroid dienone is 1. The number of benzene rings is 4. The highest BCUT2D eigenvalue weighted by Gasteiger charge is 2.22. The fourth-order valence-corrected chi connectivity index (χ4v) is 6.77. The summed E-state index contributed by atoms with van der Waals surface area (Å²) in [5.74, 6) is 0. The fraction of sp³-hybridized carbons (Fsp3) is 0.125. The minimum atomic E-state index is -0.202. The van der Waals surface area contributed by atoms with Gasteiger partial charge in [-0.2, -0.15) is 5.11 Å². The van der Waals surface area contributed by atoms with E-state index in [-0.39, 0.29) is 11.5 Å². The van der Waals surface area contributed by atoms with Crippen LogP contribution >= 0.6 is 0 Å². The Hall–Kier alpha value is -6.86. The Bertz CT molecular complexity index is 2530. The molecule has 3 aromatic heterocycles. The zero-order valence-corrected chi connectivity index (χ0v) is 31.2. The van der Waals surface area contributed by atoms with Gasteiger partial charge in [0.2, 0.25) is 5.69 Å². The van der Waals surface area contributed by atoms with Crippen molar-refractivity contribution in [3.8, 4) is 44.8 Å². The van der Waals surface area contributed by atoms with Gasteiger partial charge in [-0.05, 0) is 94.3 Å². The lowest BCUT2D eigenvalue weighted by molar-refractivity contribution is -0.363. The molecule has 0 saturated heterocycles. The molecule has 55 heavy (non-hydrogen) atoms. The van der Waals surface area contributed by atoms with Crippen molar-refractivity contribution in [1.29, 1.82) is 0 Å². The van der Waals surface area contributed by atoms with Crippen LogP contribution < -0.4 is 10.7 Å². The molecule has 0 saturated carbocycles. The first kappa shape index (κ1) is 35.2. The molecule has 1 atom stereocenters. The molecule has 3 N–H and O–H groups in total. The molecule has 4 heterocycles. The number of pyridine rings is 3. The normalized spacial score (nSPS) is 14.2. The number of hydrogen-bond donors (Lipinski definition) is 1. The summed E-state index contributed by atoms with van der Waals surface area (Å²) in [6.45, 7) is 6.69. The van der Waals surface area contributed by atoms with Crippen LogP contribution in [0.3, 0.4) is 0 Å². The van der Waals surface area contributed by atoms with Gasteiger partial charge in [0, 0.05) is 41.4 Å². The van der Waals surface area contributed by atoms with Crippen molar-refractivity contribution in [1.82, 2.24) is 9.97 Å². The summed E-state index contributed by atoms with van der Waals surface area (Å²) in [6, 6.07) is 45.1. The number of nitrogens with one attached hydrogen (secondary N) is 1. The van der Waals surface area contributed by atoms with Gasteiger partial charge in [0.25, 0.3) is 0 Å². The van der Waals surface area contributed by atoms with Crippen molar-refractivity contribution >= 4 is 28.8 Å². The van der Waals surface area contributed by atoms with Gasteiger partial charge in [0.05, 0.1) is 34.4 Å². The first-order valence-electron chi connectivity index (χ1n) is 18.5. The zero-order chi connectivity index (χ0) is 37.8. The summed E-state index contributed by atoms with van der Waals surface area (Å²) in [6.07, 6.45) is 10.5. The number of aromatic nitrogens is 3. The molecule has 7 nitrogen and oxygen atoms in total. The van der Waals surface area contributed by atoms with Crippen LogP contribution in [0.4, 0.5) is 17.1 Å². The minimum absolute atomic E-state index is 0.104. The maximum atomic E-state index is 6.88. The van der Waals surface area contributed by atoms with E-state index < -0.39 is 0 Å². The number of anilines is 1. The number of nitrogen functional groups attached to an aromatic ring is 1. The molecular formula is C48H42N7+. The molecular weight excluding hydrogens is 675 g/mol. The largest absolute Gasteiger partial charge is 0.397 e. The number of nitrogens with two attached hydrogens (primary N) is 1. The third-order valence-electron chi connectivity index (χ3n) is 9.96. The third-order valence-corrected chi connectivity index (χ3v) is 9.96. The second kappa shape index (κ2) is 15.2. The molecule has 0 bridgehead atoms.